The number of hydrazone groups is 1. The Kier molecular flexibility index (Phi) is 6.89. The third kappa shape index (κ3) is 5.51. The van der Waals surface area contributed by atoms with Crippen LogP contribution in [0.25, 0.3) is 0 Å². The van der Waals surface area contributed by atoms with Crippen molar-refractivity contribution in [3.8, 4) is 5.75 Å². The van der Waals surface area contributed by atoms with Crippen LogP contribution in [0.15, 0.2) is 77.9 Å². The van der Waals surface area contributed by atoms with Gasteiger partial charge in [0.05, 0.1) is 18.9 Å². The van der Waals surface area contributed by atoms with Crippen molar-refractivity contribution in [2.75, 3.05) is 7.11 Å². The lowest BCUT2D eigenvalue weighted by Crippen LogP contribution is -2.17. The third-order valence-electron chi connectivity index (χ3n) is 4.16. The topological polar surface area (TPSA) is 77.0 Å². The van der Waals surface area contributed by atoms with Crippen LogP contribution in [0.1, 0.15) is 31.8 Å². The van der Waals surface area contributed by atoms with Gasteiger partial charge in [0.25, 0.3) is 5.91 Å². The summed E-state index contributed by atoms with van der Waals surface area (Å²) in [5.74, 6) is -0.683. The Morgan fingerprint density at radius 3 is 2.33 bits per heavy atom. The van der Waals surface area contributed by atoms with Crippen LogP contribution in [0, 0.1) is 5.82 Å². The number of amides is 1. The summed E-state index contributed by atoms with van der Waals surface area (Å²) in [4.78, 5) is 23.5. The molecule has 0 aliphatic carbocycles. The molecule has 3 rings (SSSR count). The van der Waals surface area contributed by atoms with Crippen molar-refractivity contribution in [3.63, 3.8) is 0 Å². The van der Waals surface area contributed by atoms with E-state index in [0.717, 1.165) is 5.56 Å². The van der Waals surface area contributed by atoms with Crippen molar-refractivity contribution in [2.45, 2.75) is 6.61 Å². The van der Waals surface area contributed by atoms with E-state index >= 15 is 0 Å². The Morgan fingerprint density at radius 1 is 0.967 bits per heavy atom. The first-order chi connectivity index (χ1) is 14.6. The lowest BCUT2D eigenvalue weighted by atomic mass is 10.1. The van der Waals surface area contributed by atoms with E-state index in [1.165, 1.54) is 37.6 Å². The summed E-state index contributed by atoms with van der Waals surface area (Å²) in [6.07, 6.45) is 1.47. The number of para-hydroxylation sites is 1. The summed E-state index contributed by atoms with van der Waals surface area (Å²) in [5.41, 5.74) is 4.71. The highest BCUT2D eigenvalue weighted by atomic mass is 19.1. The van der Waals surface area contributed by atoms with Crippen LogP contribution in [0.4, 0.5) is 4.39 Å². The van der Waals surface area contributed by atoms with Gasteiger partial charge in [0.1, 0.15) is 18.2 Å². The van der Waals surface area contributed by atoms with Gasteiger partial charge in [-0.05, 0) is 54.1 Å². The molecule has 0 atom stereocenters. The molecule has 152 valence electrons. The van der Waals surface area contributed by atoms with Gasteiger partial charge < -0.3 is 9.47 Å². The Hall–Kier alpha value is -4.00. The van der Waals surface area contributed by atoms with E-state index in [-0.39, 0.29) is 6.61 Å². The van der Waals surface area contributed by atoms with Gasteiger partial charge in [0.2, 0.25) is 0 Å². The van der Waals surface area contributed by atoms with E-state index in [4.69, 9.17) is 4.74 Å². The van der Waals surface area contributed by atoms with E-state index in [1.807, 2.05) is 12.1 Å². The molecule has 0 aliphatic heterocycles. The molecular formula is C23H19FN2O4. The first-order valence-electron chi connectivity index (χ1n) is 9.05. The molecule has 7 heteroatoms. The lowest BCUT2D eigenvalue weighted by Gasteiger charge is -2.09. The number of rotatable bonds is 7. The average molecular weight is 406 g/mol. The van der Waals surface area contributed by atoms with Gasteiger partial charge >= 0.3 is 5.97 Å². The van der Waals surface area contributed by atoms with Crippen LogP contribution in [0.3, 0.4) is 0 Å². The van der Waals surface area contributed by atoms with Crippen molar-refractivity contribution in [1.82, 2.24) is 5.43 Å². The number of hydrogen-bond acceptors (Lipinski definition) is 5. The molecule has 1 amide bonds. The largest absolute Gasteiger partial charge is 0.488 e. The number of nitrogens with zero attached hydrogens (tertiary/aromatic N) is 1. The number of benzene rings is 3. The second kappa shape index (κ2) is 9.97. The number of hydrogen-bond donors (Lipinski definition) is 1. The fourth-order valence-electron chi connectivity index (χ4n) is 2.56. The molecule has 3 aromatic rings. The number of ether oxygens (including phenoxy) is 2. The molecule has 0 unspecified atom stereocenters. The van der Waals surface area contributed by atoms with Gasteiger partial charge in [-0.15, -0.1) is 0 Å². The minimum Gasteiger partial charge on any atom is -0.488 e. The summed E-state index contributed by atoms with van der Waals surface area (Å²) in [6.45, 7) is 0.286. The molecule has 0 saturated carbocycles. The fraction of sp³-hybridized carbons (Fsp3) is 0.0870. The fourth-order valence-corrected chi connectivity index (χ4v) is 2.56. The van der Waals surface area contributed by atoms with Crippen molar-refractivity contribution in [2.24, 2.45) is 5.10 Å². The zero-order valence-electron chi connectivity index (χ0n) is 16.2. The molecule has 0 spiro atoms. The second-order valence-corrected chi connectivity index (χ2v) is 6.22. The van der Waals surface area contributed by atoms with Gasteiger partial charge in [0, 0.05) is 11.1 Å². The van der Waals surface area contributed by atoms with Gasteiger partial charge in [-0.1, -0.05) is 24.3 Å². The van der Waals surface area contributed by atoms with Crippen LogP contribution in [0.5, 0.6) is 5.75 Å². The molecule has 0 aromatic heterocycles. The number of methoxy groups -OCH3 is 1. The summed E-state index contributed by atoms with van der Waals surface area (Å²) < 4.78 is 23.5. The maximum Gasteiger partial charge on any atom is 0.337 e. The Bertz CT molecular complexity index is 1050. The molecule has 0 heterocycles. The summed E-state index contributed by atoms with van der Waals surface area (Å²) in [6, 6.07) is 19.3. The zero-order chi connectivity index (χ0) is 21.3. The number of nitrogens with one attached hydrogen (secondary N) is 1. The summed E-state index contributed by atoms with van der Waals surface area (Å²) in [5, 5.41) is 3.95. The smallest absolute Gasteiger partial charge is 0.337 e. The highest BCUT2D eigenvalue weighted by Crippen LogP contribution is 2.18. The lowest BCUT2D eigenvalue weighted by molar-refractivity contribution is 0.0600. The van der Waals surface area contributed by atoms with E-state index in [9.17, 15) is 14.0 Å². The minimum atomic E-state index is -0.449. The SMILES string of the molecule is COC(=O)c1ccc(COc2ccccc2/C=N/NC(=O)c2ccc(F)cc2)cc1. The average Bonchev–Trinajstić information content (AvgIpc) is 2.78. The molecule has 6 nitrogen and oxygen atoms in total. The molecule has 0 saturated heterocycles. The van der Waals surface area contributed by atoms with Crippen LogP contribution >= 0.6 is 0 Å². The molecular weight excluding hydrogens is 387 g/mol. The first-order valence-corrected chi connectivity index (χ1v) is 9.05. The zero-order valence-corrected chi connectivity index (χ0v) is 16.2. The standard InChI is InChI=1S/C23H19FN2O4/c1-29-23(28)18-8-6-16(7-9-18)15-30-21-5-3-2-4-19(21)14-25-26-22(27)17-10-12-20(24)13-11-17/h2-14H,15H2,1H3,(H,26,27)/b25-14+. The van der Waals surface area contributed by atoms with Crippen LogP contribution in [0.2, 0.25) is 0 Å². The molecule has 0 aliphatic rings. The highest BCUT2D eigenvalue weighted by molar-refractivity contribution is 5.95. The van der Waals surface area contributed by atoms with Gasteiger partial charge in [-0.3, -0.25) is 4.79 Å². The number of halogens is 1. The number of carbonyl (C=O) groups excluding carboxylic acids is 2. The maximum atomic E-state index is 12.9. The van der Waals surface area contributed by atoms with E-state index < -0.39 is 17.7 Å². The molecule has 3 aromatic carbocycles. The second-order valence-electron chi connectivity index (χ2n) is 6.22. The molecule has 0 radical (unpaired) electrons. The Labute approximate surface area is 173 Å². The van der Waals surface area contributed by atoms with Gasteiger partial charge in [-0.25, -0.2) is 14.6 Å². The number of esters is 1. The highest BCUT2D eigenvalue weighted by Gasteiger charge is 2.07. The molecule has 0 fully saturated rings. The van der Waals surface area contributed by atoms with Gasteiger partial charge in [-0.2, -0.15) is 5.10 Å². The van der Waals surface area contributed by atoms with Crippen LogP contribution in [-0.4, -0.2) is 25.2 Å². The number of carbonyl (C=O) groups is 2. The van der Waals surface area contributed by atoms with E-state index in [1.54, 1.807) is 36.4 Å². The van der Waals surface area contributed by atoms with Crippen LogP contribution in [-0.2, 0) is 11.3 Å². The van der Waals surface area contributed by atoms with Crippen molar-refractivity contribution < 1.29 is 23.5 Å². The summed E-state index contributed by atoms with van der Waals surface area (Å²) in [7, 11) is 1.33. The predicted octanol–water partition coefficient (Wildman–Crippen LogP) is 3.96. The normalized spacial score (nSPS) is 10.6. The molecule has 1 N–H and O–H groups in total. The van der Waals surface area contributed by atoms with Crippen LogP contribution < -0.4 is 10.2 Å². The van der Waals surface area contributed by atoms with Crippen molar-refractivity contribution >= 4 is 18.1 Å². The monoisotopic (exact) mass is 406 g/mol. The third-order valence-corrected chi connectivity index (χ3v) is 4.16. The minimum absolute atomic E-state index is 0.286. The van der Waals surface area contributed by atoms with Gasteiger partial charge in [0.15, 0.2) is 0 Å². The Balaban J connectivity index is 1.61. The summed E-state index contributed by atoms with van der Waals surface area (Å²) >= 11 is 0. The van der Waals surface area contributed by atoms with E-state index in [0.29, 0.717) is 22.4 Å². The van der Waals surface area contributed by atoms with Crippen molar-refractivity contribution in [1.29, 1.82) is 0 Å². The Morgan fingerprint density at radius 2 is 1.63 bits per heavy atom. The maximum absolute atomic E-state index is 12.9. The first kappa shape index (κ1) is 20.7. The van der Waals surface area contributed by atoms with E-state index in [2.05, 4.69) is 15.3 Å². The van der Waals surface area contributed by atoms with Crippen molar-refractivity contribution in [3.05, 3.63) is 101 Å². The molecule has 30 heavy (non-hydrogen) atoms. The quantitative estimate of drug-likeness (QED) is 0.366. The predicted molar refractivity (Wildman–Crippen MR) is 110 cm³/mol. The molecule has 0 bridgehead atoms.